The van der Waals surface area contributed by atoms with Gasteiger partial charge in [0.2, 0.25) is 5.91 Å². The van der Waals surface area contributed by atoms with Crippen LogP contribution in [0.25, 0.3) is 0 Å². The van der Waals surface area contributed by atoms with E-state index in [1.807, 2.05) is 37.3 Å². The van der Waals surface area contributed by atoms with Crippen molar-refractivity contribution in [2.24, 2.45) is 5.73 Å². The number of carbonyl (C=O) groups is 2. The molecule has 0 aromatic heterocycles. The molecule has 0 spiro atoms. The van der Waals surface area contributed by atoms with Gasteiger partial charge in [0.25, 0.3) is 5.91 Å². The number of piperazine rings is 1. The molecule has 21 heavy (non-hydrogen) atoms. The largest absolute Gasteiger partial charge is 0.338 e. The van der Waals surface area contributed by atoms with E-state index < -0.39 is 6.04 Å². The molecule has 0 saturated carbocycles. The van der Waals surface area contributed by atoms with Gasteiger partial charge in [-0.15, -0.1) is 0 Å². The summed E-state index contributed by atoms with van der Waals surface area (Å²) in [4.78, 5) is 28.0. The fraction of sp³-hybridized carbons (Fsp3) is 0.500. The van der Waals surface area contributed by atoms with Crippen molar-refractivity contribution in [3.63, 3.8) is 0 Å². The Labute approximate surface area is 125 Å². The van der Waals surface area contributed by atoms with Crippen molar-refractivity contribution in [1.29, 1.82) is 0 Å². The quantitative estimate of drug-likeness (QED) is 0.902. The molecule has 1 aromatic rings. The molecule has 1 saturated heterocycles. The summed E-state index contributed by atoms with van der Waals surface area (Å²) in [5, 5.41) is 0. The van der Waals surface area contributed by atoms with Crippen LogP contribution in [-0.2, 0) is 4.79 Å². The topological polar surface area (TPSA) is 66.6 Å². The van der Waals surface area contributed by atoms with Crippen LogP contribution in [0.3, 0.4) is 0 Å². The van der Waals surface area contributed by atoms with E-state index in [2.05, 4.69) is 0 Å². The summed E-state index contributed by atoms with van der Waals surface area (Å²) >= 11 is 0. The third-order valence-electron chi connectivity index (χ3n) is 3.82. The predicted octanol–water partition coefficient (Wildman–Crippen LogP) is 1.10. The van der Waals surface area contributed by atoms with Crippen LogP contribution in [0.4, 0.5) is 0 Å². The molecule has 1 atom stereocenters. The third-order valence-corrected chi connectivity index (χ3v) is 3.82. The summed E-state index contributed by atoms with van der Waals surface area (Å²) < 4.78 is 0. The first kappa shape index (κ1) is 15.5. The Morgan fingerprint density at radius 3 is 2.24 bits per heavy atom. The minimum atomic E-state index is -0.411. The Bertz CT molecular complexity index is 482. The highest BCUT2D eigenvalue weighted by Gasteiger charge is 2.27. The normalized spacial score (nSPS) is 16.7. The van der Waals surface area contributed by atoms with Crippen molar-refractivity contribution in [2.45, 2.75) is 25.8 Å². The molecule has 1 heterocycles. The number of hydrogen-bond acceptors (Lipinski definition) is 3. The highest BCUT2D eigenvalue weighted by atomic mass is 16.2. The van der Waals surface area contributed by atoms with Crippen LogP contribution in [0.2, 0.25) is 0 Å². The van der Waals surface area contributed by atoms with Gasteiger partial charge < -0.3 is 15.5 Å². The van der Waals surface area contributed by atoms with Gasteiger partial charge in [-0.3, -0.25) is 9.59 Å². The van der Waals surface area contributed by atoms with Gasteiger partial charge in [0.05, 0.1) is 6.04 Å². The van der Waals surface area contributed by atoms with Crippen LogP contribution in [0.15, 0.2) is 30.3 Å². The van der Waals surface area contributed by atoms with Gasteiger partial charge in [-0.2, -0.15) is 0 Å². The molecule has 2 amide bonds. The summed E-state index contributed by atoms with van der Waals surface area (Å²) in [6.07, 6.45) is 1.61. The molecule has 1 aliphatic rings. The van der Waals surface area contributed by atoms with E-state index in [1.54, 1.807) is 9.80 Å². The Morgan fingerprint density at radius 2 is 1.67 bits per heavy atom. The standard InChI is InChI=1S/C16H23N3O2/c1-2-6-14(17)16(21)19-11-9-18(10-12-19)15(20)13-7-4-3-5-8-13/h3-5,7-8,14H,2,6,9-12,17H2,1H3. The molecule has 5 heteroatoms. The molecule has 5 nitrogen and oxygen atoms in total. The molecule has 114 valence electrons. The first-order chi connectivity index (χ1) is 10.1. The van der Waals surface area contributed by atoms with E-state index in [9.17, 15) is 9.59 Å². The average molecular weight is 289 g/mol. The Hall–Kier alpha value is -1.88. The van der Waals surface area contributed by atoms with Crippen molar-refractivity contribution in [3.8, 4) is 0 Å². The number of amides is 2. The molecular weight excluding hydrogens is 266 g/mol. The average Bonchev–Trinajstić information content (AvgIpc) is 2.54. The highest BCUT2D eigenvalue weighted by Crippen LogP contribution is 2.10. The van der Waals surface area contributed by atoms with Crippen LogP contribution in [-0.4, -0.2) is 53.8 Å². The van der Waals surface area contributed by atoms with Crippen molar-refractivity contribution in [1.82, 2.24) is 9.80 Å². The number of nitrogens with zero attached hydrogens (tertiary/aromatic N) is 2. The van der Waals surface area contributed by atoms with Gasteiger partial charge in [-0.05, 0) is 18.6 Å². The van der Waals surface area contributed by atoms with E-state index in [0.717, 1.165) is 6.42 Å². The summed E-state index contributed by atoms with van der Waals surface area (Å²) in [7, 11) is 0. The molecule has 1 aliphatic heterocycles. The SMILES string of the molecule is CCCC(N)C(=O)N1CCN(C(=O)c2ccccc2)CC1. The van der Waals surface area contributed by atoms with Crippen LogP contribution in [0.1, 0.15) is 30.1 Å². The molecule has 0 aliphatic carbocycles. The maximum Gasteiger partial charge on any atom is 0.253 e. The van der Waals surface area contributed by atoms with Gasteiger partial charge in [0.1, 0.15) is 0 Å². The van der Waals surface area contributed by atoms with Gasteiger partial charge in [-0.25, -0.2) is 0 Å². The zero-order valence-electron chi connectivity index (χ0n) is 12.5. The maximum atomic E-state index is 12.3. The predicted molar refractivity (Wildman–Crippen MR) is 81.8 cm³/mol. The fourth-order valence-electron chi connectivity index (χ4n) is 2.56. The second kappa shape index (κ2) is 7.22. The van der Waals surface area contributed by atoms with E-state index in [-0.39, 0.29) is 11.8 Å². The molecule has 1 fully saturated rings. The summed E-state index contributed by atoms with van der Waals surface area (Å²) in [6.45, 7) is 4.28. The van der Waals surface area contributed by atoms with Crippen LogP contribution in [0.5, 0.6) is 0 Å². The molecule has 2 rings (SSSR count). The lowest BCUT2D eigenvalue weighted by atomic mass is 10.1. The van der Waals surface area contributed by atoms with Gasteiger partial charge in [-0.1, -0.05) is 31.5 Å². The van der Waals surface area contributed by atoms with Crippen molar-refractivity contribution >= 4 is 11.8 Å². The van der Waals surface area contributed by atoms with E-state index in [4.69, 9.17) is 5.73 Å². The molecule has 1 aromatic carbocycles. The lowest BCUT2D eigenvalue weighted by Gasteiger charge is -2.36. The van der Waals surface area contributed by atoms with Crippen molar-refractivity contribution in [2.75, 3.05) is 26.2 Å². The maximum absolute atomic E-state index is 12.3. The van der Waals surface area contributed by atoms with Crippen LogP contribution < -0.4 is 5.73 Å². The van der Waals surface area contributed by atoms with Crippen molar-refractivity contribution < 1.29 is 9.59 Å². The second-order valence-electron chi connectivity index (χ2n) is 5.38. The smallest absolute Gasteiger partial charge is 0.253 e. The number of rotatable bonds is 4. The summed E-state index contributed by atoms with van der Waals surface area (Å²) in [5.74, 6) is 0.0317. The Morgan fingerprint density at radius 1 is 1.10 bits per heavy atom. The van der Waals surface area contributed by atoms with Crippen LogP contribution >= 0.6 is 0 Å². The number of carbonyl (C=O) groups excluding carboxylic acids is 2. The highest BCUT2D eigenvalue weighted by molar-refractivity contribution is 5.94. The third kappa shape index (κ3) is 3.82. The van der Waals surface area contributed by atoms with Gasteiger partial charge in [0.15, 0.2) is 0 Å². The fourth-order valence-corrected chi connectivity index (χ4v) is 2.56. The lowest BCUT2D eigenvalue weighted by Crippen LogP contribution is -2.54. The number of hydrogen-bond donors (Lipinski definition) is 1. The van der Waals surface area contributed by atoms with E-state index in [1.165, 1.54) is 0 Å². The summed E-state index contributed by atoms with van der Waals surface area (Å²) in [6, 6.07) is 8.83. The second-order valence-corrected chi connectivity index (χ2v) is 5.38. The van der Waals surface area contributed by atoms with Gasteiger partial charge in [0, 0.05) is 31.7 Å². The first-order valence-corrected chi connectivity index (χ1v) is 7.52. The summed E-state index contributed by atoms with van der Waals surface area (Å²) in [5.41, 5.74) is 6.57. The zero-order chi connectivity index (χ0) is 15.2. The van der Waals surface area contributed by atoms with Gasteiger partial charge >= 0.3 is 0 Å². The molecular formula is C16H23N3O2. The molecule has 1 unspecified atom stereocenters. The minimum absolute atomic E-state index is 0.00339. The Balaban J connectivity index is 1.89. The molecule has 0 bridgehead atoms. The zero-order valence-corrected chi connectivity index (χ0v) is 12.5. The van der Waals surface area contributed by atoms with E-state index in [0.29, 0.717) is 38.2 Å². The number of benzene rings is 1. The minimum Gasteiger partial charge on any atom is -0.338 e. The number of nitrogens with two attached hydrogens (primary N) is 1. The lowest BCUT2D eigenvalue weighted by molar-refractivity contribution is -0.134. The molecule has 0 radical (unpaired) electrons. The first-order valence-electron chi connectivity index (χ1n) is 7.52. The Kier molecular flexibility index (Phi) is 5.33. The molecule has 2 N–H and O–H groups in total. The monoisotopic (exact) mass is 289 g/mol. The van der Waals surface area contributed by atoms with Crippen LogP contribution in [0, 0.1) is 0 Å². The van der Waals surface area contributed by atoms with Crippen molar-refractivity contribution in [3.05, 3.63) is 35.9 Å². The van der Waals surface area contributed by atoms with E-state index >= 15 is 0 Å².